The van der Waals surface area contributed by atoms with Crippen molar-refractivity contribution < 1.29 is 4.74 Å². The molecule has 0 aromatic heterocycles. The van der Waals surface area contributed by atoms with Crippen LogP contribution in [0.3, 0.4) is 0 Å². The Morgan fingerprint density at radius 3 is 1.63 bits per heavy atom. The maximum Gasteiger partial charge on any atom is 0.135 e. The van der Waals surface area contributed by atoms with E-state index in [9.17, 15) is 0 Å². The van der Waals surface area contributed by atoms with Gasteiger partial charge in [-0.3, -0.25) is 0 Å². The van der Waals surface area contributed by atoms with Crippen molar-refractivity contribution in [1.29, 1.82) is 0 Å². The fourth-order valence-corrected chi connectivity index (χ4v) is 6.06. The highest BCUT2D eigenvalue weighted by atomic mass is 16.5. The average molecular weight is 523 g/mol. The topological polar surface area (TPSA) is 9.23 Å². The van der Waals surface area contributed by atoms with Gasteiger partial charge in [0.1, 0.15) is 11.5 Å². The largest absolute Gasteiger partial charge is 0.456 e. The second-order valence-corrected chi connectivity index (χ2v) is 10.5. The Balaban J connectivity index is 1.21. The molecule has 7 aromatic rings. The van der Waals surface area contributed by atoms with Gasteiger partial charge in [-0.05, 0) is 85.8 Å². The highest BCUT2D eigenvalue weighted by Gasteiger charge is 2.20. The van der Waals surface area contributed by atoms with Crippen molar-refractivity contribution in [2.75, 3.05) is 0 Å². The van der Waals surface area contributed by atoms with Crippen molar-refractivity contribution in [3.8, 4) is 67.1 Å². The average Bonchev–Trinajstić information content (AvgIpc) is 3.05. The number of hydrogen-bond acceptors (Lipinski definition) is 1. The Kier molecular flexibility index (Phi) is 5.53. The predicted octanol–water partition coefficient (Wildman–Crippen LogP) is 11.3. The van der Waals surface area contributed by atoms with Crippen LogP contribution in [0.2, 0.25) is 0 Å². The normalized spacial score (nSPS) is 11.6. The summed E-state index contributed by atoms with van der Waals surface area (Å²) in [6.45, 7) is 0. The lowest BCUT2D eigenvalue weighted by atomic mass is 9.89. The van der Waals surface area contributed by atoms with Crippen LogP contribution in [0.1, 0.15) is 0 Å². The van der Waals surface area contributed by atoms with Crippen LogP contribution in [-0.4, -0.2) is 0 Å². The van der Waals surface area contributed by atoms with Crippen molar-refractivity contribution in [2.24, 2.45) is 0 Å². The van der Waals surface area contributed by atoms with Gasteiger partial charge in [-0.2, -0.15) is 0 Å². The van der Waals surface area contributed by atoms with Gasteiger partial charge in [0.15, 0.2) is 0 Å². The minimum absolute atomic E-state index is 0.910. The lowest BCUT2D eigenvalue weighted by Crippen LogP contribution is -1.97. The maximum atomic E-state index is 6.24. The van der Waals surface area contributed by atoms with E-state index in [1.54, 1.807) is 0 Å². The zero-order valence-electron chi connectivity index (χ0n) is 22.4. The Bertz CT molecular complexity index is 2040. The minimum Gasteiger partial charge on any atom is -0.456 e. The molecule has 192 valence electrons. The molecule has 0 fully saturated rings. The monoisotopic (exact) mass is 522 g/mol. The van der Waals surface area contributed by atoms with E-state index >= 15 is 0 Å². The summed E-state index contributed by atoms with van der Waals surface area (Å²) in [5.41, 5.74) is 12.1. The molecule has 1 heterocycles. The SMILES string of the molecule is c1ccc(-c2ccc(-c3ccc(-c4cc5c6c(cccc6c4)Oc4ccccc4-5)cc3)cc2-c2ccccc2)cc1. The fourth-order valence-electron chi connectivity index (χ4n) is 6.06. The van der Waals surface area contributed by atoms with Gasteiger partial charge < -0.3 is 4.74 Å². The van der Waals surface area contributed by atoms with E-state index < -0.39 is 0 Å². The Labute approximate surface area is 240 Å². The zero-order valence-corrected chi connectivity index (χ0v) is 22.4. The molecule has 8 rings (SSSR count). The van der Waals surface area contributed by atoms with E-state index in [1.165, 1.54) is 60.8 Å². The molecule has 41 heavy (non-hydrogen) atoms. The molecule has 0 aliphatic carbocycles. The summed E-state index contributed by atoms with van der Waals surface area (Å²) in [4.78, 5) is 0. The van der Waals surface area contributed by atoms with Gasteiger partial charge >= 0.3 is 0 Å². The van der Waals surface area contributed by atoms with Gasteiger partial charge in [0, 0.05) is 10.9 Å². The van der Waals surface area contributed by atoms with E-state index in [4.69, 9.17) is 4.74 Å². The third-order valence-corrected chi connectivity index (χ3v) is 8.08. The summed E-state index contributed by atoms with van der Waals surface area (Å²) in [7, 11) is 0. The zero-order chi connectivity index (χ0) is 27.2. The molecule has 0 bridgehead atoms. The second kappa shape index (κ2) is 9.66. The van der Waals surface area contributed by atoms with Crippen LogP contribution < -0.4 is 4.74 Å². The molecule has 1 aliphatic heterocycles. The summed E-state index contributed by atoms with van der Waals surface area (Å²) in [5.74, 6) is 1.83. The molecule has 0 radical (unpaired) electrons. The van der Waals surface area contributed by atoms with Crippen LogP contribution in [0.15, 0.2) is 158 Å². The van der Waals surface area contributed by atoms with Crippen molar-refractivity contribution >= 4 is 10.8 Å². The van der Waals surface area contributed by atoms with E-state index in [2.05, 4.69) is 146 Å². The van der Waals surface area contributed by atoms with Crippen LogP contribution in [0.5, 0.6) is 11.5 Å². The quantitative estimate of drug-likeness (QED) is 0.223. The van der Waals surface area contributed by atoms with Gasteiger partial charge in [0.25, 0.3) is 0 Å². The standard InChI is InChI=1S/C40H26O/c1-3-10-29(11-4-1)34-23-22-31(25-36(34)30-12-5-2-6-13-30)27-18-20-28(21-19-27)33-24-32-14-9-17-39-40(32)37(26-33)35-15-7-8-16-38(35)41-39/h1-26H. The van der Waals surface area contributed by atoms with Crippen LogP contribution in [0.25, 0.3) is 66.4 Å². The molecular formula is C40H26O. The molecule has 1 heteroatoms. The van der Waals surface area contributed by atoms with Gasteiger partial charge in [-0.15, -0.1) is 0 Å². The van der Waals surface area contributed by atoms with Crippen LogP contribution >= 0.6 is 0 Å². The summed E-state index contributed by atoms with van der Waals surface area (Å²) in [6, 6.07) is 56.3. The molecule has 0 spiro atoms. The van der Waals surface area contributed by atoms with E-state index in [0.29, 0.717) is 0 Å². The summed E-state index contributed by atoms with van der Waals surface area (Å²) in [5, 5.41) is 2.37. The van der Waals surface area contributed by atoms with E-state index in [0.717, 1.165) is 17.1 Å². The molecular weight excluding hydrogens is 496 g/mol. The van der Waals surface area contributed by atoms with Crippen LogP contribution in [0.4, 0.5) is 0 Å². The molecule has 1 aliphatic rings. The highest BCUT2D eigenvalue weighted by molar-refractivity contribution is 6.06. The number of hydrogen-bond donors (Lipinski definition) is 0. The van der Waals surface area contributed by atoms with Crippen molar-refractivity contribution in [3.63, 3.8) is 0 Å². The van der Waals surface area contributed by atoms with Gasteiger partial charge in [-0.25, -0.2) is 0 Å². The lowest BCUT2D eigenvalue weighted by Gasteiger charge is -2.22. The first-order chi connectivity index (χ1) is 20.3. The molecule has 0 saturated heterocycles. The van der Waals surface area contributed by atoms with Gasteiger partial charge in [-0.1, -0.05) is 127 Å². The number of para-hydroxylation sites is 1. The molecule has 0 N–H and O–H groups in total. The van der Waals surface area contributed by atoms with Crippen LogP contribution in [0, 0.1) is 0 Å². The maximum absolute atomic E-state index is 6.24. The first-order valence-corrected chi connectivity index (χ1v) is 14.0. The Morgan fingerprint density at radius 1 is 0.293 bits per heavy atom. The van der Waals surface area contributed by atoms with Crippen molar-refractivity contribution in [3.05, 3.63) is 158 Å². The first-order valence-electron chi connectivity index (χ1n) is 14.0. The van der Waals surface area contributed by atoms with Gasteiger partial charge in [0.05, 0.1) is 0 Å². The van der Waals surface area contributed by atoms with Gasteiger partial charge in [0.2, 0.25) is 0 Å². The molecule has 0 unspecified atom stereocenters. The Hall–Kier alpha value is -5.40. The summed E-state index contributed by atoms with van der Waals surface area (Å²) in [6.07, 6.45) is 0. The third-order valence-electron chi connectivity index (χ3n) is 8.08. The molecule has 7 aromatic carbocycles. The van der Waals surface area contributed by atoms with E-state index in [1.807, 2.05) is 12.1 Å². The van der Waals surface area contributed by atoms with Crippen molar-refractivity contribution in [1.82, 2.24) is 0 Å². The second-order valence-electron chi connectivity index (χ2n) is 10.5. The Morgan fingerprint density at radius 2 is 0.878 bits per heavy atom. The first kappa shape index (κ1) is 23.5. The highest BCUT2D eigenvalue weighted by Crippen LogP contribution is 2.48. The lowest BCUT2D eigenvalue weighted by molar-refractivity contribution is 0.487. The van der Waals surface area contributed by atoms with Crippen molar-refractivity contribution in [2.45, 2.75) is 0 Å². The smallest absolute Gasteiger partial charge is 0.135 e. The summed E-state index contributed by atoms with van der Waals surface area (Å²) >= 11 is 0. The molecule has 0 amide bonds. The number of fused-ring (bicyclic) bond motifs is 2. The molecule has 1 nitrogen and oxygen atoms in total. The summed E-state index contributed by atoms with van der Waals surface area (Å²) < 4.78 is 6.24. The predicted molar refractivity (Wildman–Crippen MR) is 171 cm³/mol. The van der Waals surface area contributed by atoms with Crippen LogP contribution in [-0.2, 0) is 0 Å². The third kappa shape index (κ3) is 4.11. The number of rotatable bonds is 4. The number of benzene rings is 7. The number of ether oxygens (including phenoxy) is 1. The fraction of sp³-hybridized carbons (Fsp3) is 0. The molecule has 0 saturated carbocycles. The van der Waals surface area contributed by atoms with E-state index in [-0.39, 0.29) is 0 Å². The molecule has 0 atom stereocenters. The minimum atomic E-state index is 0.910.